The minimum Gasteiger partial charge on any atom is -0.369 e. The number of pyridine rings is 1. The Hall–Kier alpha value is -4.21. The molecule has 0 aliphatic carbocycles. The molecule has 4 heterocycles. The zero-order chi connectivity index (χ0) is 27.3. The molecule has 3 aromatic heterocycles. The third kappa shape index (κ3) is 6.00. The molecule has 2 N–H and O–H groups in total. The van der Waals surface area contributed by atoms with Gasteiger partial charge in [-0.25, -0.2) is 19.9 Å². The second kappa shape index (κ2) is 11.9. The molecule has 2 aromatic carbocycles. The fraction of sp³-hybridized carbons (Fsp3) is 0.258. The molecular formula is C31H31N7OS. The van der Waals surface area contributed by atoms with Crippen molar-refractivity contribution in [3.63, 3.8) is 0 Å². The third-order valence-electron chi connectivity index (χ3n) is 7.17. The lowest BCUT2D eigenvalue weighted by Gasteiger charge is -2.30. The molecule has 0 bridgehead atoms. The molecule has 8 nitrogen and oxygen atoms in total. The van der Waals surface area contributed by atoms with Crippen LogP contribution in [0.5, 0.6) is 0 Å². The minimum atomic E-state index is -0.306. The first-order valence-corrected chi connectivity index (χ1v) is 14.5. The van der Waals surface area contributed by atoms with Crippen LogP contribution in [0.25, 0.3) is 32.3 Å². The maximum atomic E-state index is 13.6. The van der Waals surface area contributed by atoms with Crippen LogP contribution < -0.4 is 10.6 Å². The Morgan fingerprint density at radius 2 is 1.77 bits per heavy atom. The monoisotopic (exact) mass is 549 g/mol. The number of para-hydroxylation sites is 1. The summed E-state index contributed by atoms with van der Waals surface area (Å²) in [5.74, 6) is 1.64. The predicted octanol–water partition coefficient (Wildman–Crippen LogP) is 6.21. The van der Waals surface area contributed by atoms with Gasteiger partial charge >= 0.3 is 0 Å². The van der Waals surface area contributed by atoms with Crippen LogP contribution in [0.3, 0.4) is 0 Å². The molecule has 0 radical (unpaired) electrons. The van der Waals surface area contributed by atoms with Crippen LogP contribution in [0.15, 0.2) is 79.0 Å². The number of aromatic nitrogens is 4. The molecule has 1 fully saturated rings. The number of carbonyl (C=O) groups excluding carboxylic acids is 1. The van der Waals surface area contributed by atoms with Crippen molar-refractivity contribution in [3.05, 3.63) is 84.7 Å². The summed E-state index contributed by atoms with van der Waals surface area (Å²) in [6, 6.07) is 22.9. The van der Waals surface area contributed by atoms with Gasteiger partial charge in [0.15, 0.2) is 5.82 Å². The summed E-state index contributed by atoms with van der Waals surface area (Å²) in [7, 11) is 0. The van der Waals surface area contributed by atoms with Crippen LogP contribution in [-0.4, -0.2) is 56.9 Å². The summed E-state index contributed by atoms with van der Waals surface area (Å²) in [5.41, 5.74) is 3.49. The SMILES string of the molecule is CC1CCN(CCNc2cc(C(=O)Nc3ccccc3-c3nc4cccnc4s3)nc(-c3ccccc3)n2)CC1. The van der Waals surface area contributed by atoms with Crippen LogP contribution in [0.1, 0.15) is 30.3 Å². The molecule has 5 aromatic rings. The van der Waals surface area contributed by atoms with Crippen molar-refractivity contribution in [2.45, 2.75) is 19.8 Å². The molecule has 1 aliphatic heterocycles. The van der Waals surface area contributed by atoms with Gasteiger partial charge < -0.3 is 15.5 Å². The average Bonchev–Trinajstić information content (AvgIpc) is 3.43. The average molecular weight is 550 g/mol. The molecule has 1 aliphatic rings. The Bertz CT molecular complexity index is 1580. The zero-order valence-electron chi connectivity index (χ0n) is 22.4. The fourth-order valence-corrected chi connectivity index (χ4v) is 5.80. The molecule has 0 saturated carbocycles. The Morgan fingerprint density at radius 3 is 2.60 bits per heavy atom. The normalized spacial score (nSPS) is 14.3. The summed E-state index contributed by atoms with van der Waals surface area (Å²) in [6.45, 7) is 6.25. The molecule has 202 valence electrons. The van der Waals surface area contributed by atoms with Crippen LogP contribution in [-0.2, 0) is 0 Å². The van der Waals surface area contributed by atoms with Crippen molar-refractivity contribution in [2.75, 3.05) is 36.8 Å². The lowest BCUT2D eigenvalue weighted by molar-refractivity contribution is 0.102. The Morgan fingerprint density at radius 1 is 0.975 bits per heavy atom. The van der Waals surface area contributed by atoms with E-state index < -0.39 is 0 Å². The second-order valence-corrected chi connectivity index (χ2v) is 11.1. The standard InChI is InChI=1S/C31H31N7OS/c1-21-13-17-38(18-14-21)19-16-32-27-20-26(34-28(37-27)22-8-3-2-4-9-22)29(39)35-24-11-6-5-10-23(24)30-36-25-12-7-15-33-31(25)40-30/h2-12,15,20-21H,13-14,16-19H2,1H3,(H,35,39)(H,32,34,37). The van der Waals surface area contributed by atoms with E-state index in [4.69, 9.17) is 9.97 Å². The molecular weight excluding hydrogens is 518 g/mol. The predicted molar refractivity (Wildman–Crippen MR) is 162 cm³/mol. The van der Waals surface area contributed by atoms with Crippen LogP contribution in [0, 0.1) is 5.92 Å². The largest absolute Gasteiger partial charge is 0.369 e. The van der Waals surface area contributed by atoms with Crippen LogP contribution in [0.2, 0.25) is 0 Å². The number of benzene rings is 2. The van der Waals surface area contributed by atoms with Crippen molar-refractivity contribution in [1.82, 2.24) is 24.8 Å². The highest BCUT2D eigenvalue weighted by atomic mass is 32.1. The topological polar surface area (TPSA) is 95.9 Å². The van der Waals surface area contributed by atoms with Gasteiger partial charge in [0.1, 0.15) is 26.9 Å². The van der Waals surface area contributed by atoms with E-state index in [0.29, 0.717) is 23.0 Å². The number of nitrogens with zero attached hydrogens (tertiary/aromatic N) is 5. The number of anilines is 2. The van der Waals surface area contributed by atoms with Gasteiger partial charge in [0.25, 0.3) is 5.91 Å². The number of rotatable bonds is 8. The van der Waals surface area contributed by atoms with E-state index >= 15 is 0 Å². The Labute approximate surface area is 237 Å². The lowest BCUT2D eigenvalue weighted by atomic mass is 9.99. The van der Waals surface area contributed by atoms with E-state index in [1.165, 1.54) is 24.2 Å². The number of nitrogens with one attached hydrogen (secondary N) is 2. The molecule has 6 rings (SSSR count). The highest BCUT2D eigenvalue weighted by Gasteiger charge is 2.18. The number of fused-ring (bicyclic) bond motifs is 1. The first kappa shape index (κ1) is 26.0. The van der Waals surface area contributed by atoms with Crippen LogP contribution >= 0.6 is 11.3 Å². The highest BCUT2D eigenvalue weighted by molar-refractivity contribution is 7.21. The second-order valence-electron chi connectivity index (χ2n) is 10.1. The summed E-state index contributed by atoms with van der Waals surface area (Å²) in [5, 5.41) is 7.30. The molecule has 0 atom stereocenters. The molecule has 9 heteroatoms. The van der Waals surface area contributed by atoms with Crippen molar-refractivity contribution < 1.29 is 4.79 Å². The van der Waals surface area contributed by atoms with Crippen molar-refractivity contribution >= 4 is 39.1 Å². The van der Waals surface area contributed by atoms with E-state index in [2.05, 4.69) is 32.4 Å². The first-order valence-electron chi connectivity index (χ1n) is 13.7. The third-order valence-corrected chi connectivity index (χ3v) is 8.19. The molecule has 1 saturated heterocycles. The molecule has 0 spiro atoms. The van der Waals surface area contributed by atoms with Gasteiger partial charge in [-0.1, -0.05) is 60.7 Å². The number of piperidine rings is 1. The number of carbonyl (C=O) groups is 1. The number of amides is 1. The smallest absolute Gasteiger partial charge is 0.274 e. The van der Waals surface area contributed by atoms with Gasteiger partial charge in [0.2, 0.25) is 0 Å². The summed E-state index contributed by atoms with van der Waals surface area (Å²) in [4.78, 5) is 35.5. The van der Waals surface area contributed by atoms with Crippen molar-refractivity contribution in [1.29, 1.82) is 0 Å². The van der Waals surface area contributed by atoms with E-state index in [1.54, 1.807) is 12.3 Å². The first-order chi connectivity index (χ1) is 19.6. The van der Waals surface area contributed by atoms with E-state index in [1.807, 2.05) is 66.7 Å². The summed E-state index contributed by atoms with van der Waals surface area (Å²) < 4.78 is 0. The maximum absolute atomic E-state index is 13.6. The minimum absolute atomic E-state index is 0.295. The van der Waals surface area contributed by atoms with E-state index in [-0.39, 0.29) is 5.91 Å². The quantitative estimate of drug-likeness (QED) is 0.237. The number of hydrogen-bond donors (Lipinski definition) is 2. The zero-order valence-corrected chi connectivity index (χ0v) is 23.2. The maximum Gasteiger partial charge on any atom is 0.274 e. The number of likely N-dealkylation sites (tertiary alicyclic amines) is 1. The number of hydrogen-bond acceptors (Lipinski definition) is 8. The van der Waals surface area contributed by atoms with Gasteiger partial charge in [-0.05, 0) is 56.1 Å². The van der Waals surface area contributed by atoms with Crippen molar-refractivity contribution in [2.24, 2.45) is 5.92 Å². The summed E-state index contributed by atoms with van der Waals surface area (Å²) >= 11 is 1.50. The van der Waals surface area contributed by atoms with Gasteiger partial charge in [-0.15, -0.1) is 0 Å². The lowest BCUT2D eigenvalue weighted by Crippen LogP contribution is -2.36. The van der Waals surface area contributed by atoms with Gasteiger partial charge in [-0.3, -0.25) is 4.79 Å². The van der Waals surface area contributed by atoms with Crippen LogP contribution in [0.4, 0.5) is 11.5 Å². The van der Waals surface area contributed by atoms with E-state index in [0.717, 1.165) is 58.6 Å². The van der Waals surface area contributed by atoms with E-state index in [9.17, 15) is 4.79 Å². The highest BCUT2D eigenvalue weighted by Crippen LogP contribution is 2.34. The van der Waals surface area contributed by atoms with Gasteiger partial charge in [-0.2, -0.15) is 0 Å². The Balaban J connectivity index is 1.24. The summed E-state index contributed by atoms with van der Waals surface area (Å²) in [6.07, 6.45) is 4.24. The molecule has 0 unspecified atom stereocenters. The Kier molecular flexibility index (Phi) is 7.74. The fourth-order valence-electron chi connectivity index (χ4n) is 4.85. The number of thiazole rings is 1. The van der Waals surface area contributed by atoms with Gasteiger partial charge in [0.05, 0.1) is 5.69 Å². The van der Waals surface area contributed by atoms with Gasteiger partial charge in [0, 0.05) is 36.5 Å². The molecule has 40 heavy (non-hydrogen) atoms. The molecule has 1 amide bonds. The van der Waals surface area contributed by atoms with Crippen molar-refractivity contribution in [3.8, 4) is 22.0 Å².